The molecule has 0 saturated heterocycles. The molecule has 1 aliphatic carbocycles. The molecule has 0 atom stereocenters. The van der Waals surface area contributed by atoms with Gasteiger partial charge in [0, 0.05) is 0 Å². The zero-order valence-electron chi connectivity index (χ0n) is 15.9. The second-order valence-corrected chi connectivity index (χ2v) is 10.9. The van der Waals surface area contributed by atoms with Crippen molar-refractivity contribution in [3.05, 3.63) is 39.8 Å². The molecule has 0 aromatic heterocycles. The fourth-order valence-electron chi connectivity index (χ4n) is 1.16. The summed E-state index contributed by atoms with van der Waals surface area (Å²) in [4.78, 5) is 0. The normalized spacial score (nSPS) is 12.6. The largest absolute Gasteiger partial charge is 4.00 e. The van der Waals surface area contributed by atoms with E-state index in [0.717, 1.165) is 25.3 Å². The molecule has 1 rings (SSSR count). The molecule has 0 amide bonds. The Morgan fingerprint density at radius 3 is 1.30 bits per heavy atom. The molecule has 158 valence electrons. The van der Waals surface area contributed by atoms with E-state index >= 15 is 0 Å². The third kappa shape index (κ3) is 22.5. The molecule has 0 saturated carbocycles. The Bertz CT molecular complexity index is 345. The molecule has 27 heavy (non-hydrogen) atoms. The molecular weight excluding hydrogens is 512 g/mol. The van der Waals surface area contributed by atoms with Crippen LogP contribution in [0, 0.1) is 6.08 Å². The summed E-state index contributed by atoms with van der Waals surface area (Å²) in [5, 5.41) is -10.2. The number of nitrogens with one attached hydrogen (secondary N) is 3. The number of hydrogen-bond acceptors (Lipinski definition) is 0. The van der Waals surface area contributed by atoms with Gasteiger partial charge < -0.3 is 17.2 Å². The van der Waals surface area contributed by atoms with Gasteiger partial charge in [0.2, 0.25) is 0 Å². The number of allylic oxidation sites excluding steroid dienone is 4. The number of hydrogen-bond donors (Lipinski definition) is 0. The summed E-state index contributed by atoms with van der Waals surface area (Å²) in [6.45, 7) is 7.69. The number of halogens is 6. The summed E-state index contributed by atoms with van der Waals surface area (Å²) >= 11 is -5.48. The predicted molar refractivity (Wildman–Crippen MR) is 98.2 cm³/mol. The molecule has 0 bridgehead atoms. The average Bonchev–Trinajstić information content (AvgIpc) is 3.06. The van der Waals surface area contributed by atoms with Gasteiger partial charge in [-0.2, -0.15) is 19.6 Å². The smallest absolute Gasteiger partial charge is 4.00 e. The van der Waals surface area contributed by atoms with Crippen molar-refractivity contribution in [3.8, 4) is 0 Å². The molecule has 0 aromatic rings. The Hall–Kier alpha value is 0.366. The number of rotatable bonds is 4. The summed E-state index contributed by atoms with van der Waals surface area (Å²) < 4.78 is 72.2. The van der Waals surface area contributed by atoms with Crippen molar-refractivity contribution >= 4 is 14.3 Å². The van der Waals surface area contributed by atoms with Crippen LogP contribution in [-0.2, 0) is 26.2 Å². The van der Waals surface area contributed by atoms with E-state index in [0.29, 0.717) is 19.6 Å². The maximum Gasteiger partial charge on any atom is 4.00 e. The molecule has 0 aliphatic heterocycles. The second kappa shape index (κ2) is 21.1. The monoisotopic (exact) mass is 541 g/mol. The van der Waals surface area contributed by atoms with Gasteiger partial charge in [-0.1, -0.05) is 40.0 Å². The first kappa shape index (κ1) is 34.8. The van der Waals surface area contributed by atoms with E-state index in [9.17, 15) is 26.3 Å². The van der Waals surface area contributed by atoms with Gasteiger partial charge in [-0.15, -0.1) is 0 Å². The van der Waals surface area contributed by atoms with Crippen molar-refractivity contribution < 1.29 is 52.5 Å². The maximum atomic E-state index is 12.1. The Kier molecular flexibility index (Phi) is 27.2. The molecular formula is C16H29F6GeN3Zr. The van der Waals surface area contributed by atoms with E-state index in [1.165, 1.54) is 6.08 Å². The van der Waals surface area contributed by atoms with Crippen molar-refractivity contribution in [1.82, 2.24) is 0 Å². The zero-order chi connectivity index (χ0) is 21.2. The first-order valence-electron chi connectivity index (χ1n) is 8.32. The summed E-state index contributed by atoms with van der Waals surface area (Å²) in [7, 11) is 0. The van der Waals surface area contributed by atoms with Crippen LogP contribution in [0.2, 0.25) is 0 Å². The zero-order valence-corrected chi connectivity index (χ0v) is 20.8. The minimum absolute atomic E-state index is 0. The molecule has 0 spiro atoms. The minimum Gasteiger partial charge on any atom is 4.00 e. The van der Waals surface area contributed by atoms with E-state index in [2.05, 4.69) is 6.08 Å². The molecule has 11 heteroatoms. The Labute approximate surface area is 182 Å². The standard InChI is InChI=1S/C7H5F6Ge.3C3H8N.Zr/c8-6(9,10)14(7(11,12)13)5-3-1-2-4-5;3*1-2-3-4;/h1,3,14H,2H2;3*4H,2-3H2,1H3;/q4*-1;+4. The first-order chi connectivity index (χ1) is 12.0. The molecule has 3 nitrogen and oxygen atoms in total. The van der Waals surface area contributed by atoms with Crippen molar-refractivity contribution in [3.63, 3.8) is 0 Å². The first-order valence-corrected chi connectivity index (χ1v) is 11.9. The minimum atomic E-state index is -5.48. The maximum absolute atomic E-state index is 12.1. The van der Waals surface area contributed by atoms with Crippen molar-refractivity contribution in [2.45, 2.75) is 56.5 Å². The molecule has 0 heterocycles. The molecule has 0 aromatic carbocycles. The Morgan fingerprint density at radius 1 is 0.852 bits per heavy atom. The third-order valence-corrected chi connectivity index (χ3v) is 7.32. The van der Waals surface area contributed by atoms with E-state index in [1.54, 1.807) is 0 Å². The van der Waals surface area contributed by atoms with Crippen LogP contribution in [0.3, 0.4) is 0 Å². The van der Waals surface area contributed by atoms with Gasteiger partial charge >= 0.3 is 106 Å². The van der Waals surface area contributed by atoms with Gasteiger partial charge in [0.05, 0.1) is 0 Å². The van der Waals surface area contributed by atoms with Gasteiger partial charge in [-0.3, -0.25) is 0 Å². The van der Waals surface area contributed by atoms with Crippen LogP contribution in [-0.4, -0.2) is 44.0 Å². The van der Waals surface area contributed by atoms with E-state index in [1.807, 2.05) is 20.8 Å². The van der Waals surface area contributed by atoms with Crippen molar-refractivity contribution in [1.29, 1.82) is 0 Å². The molecule has 0 fully saturated rings. The fraction of sp³-hybridized carbons (Fsp3) is 0.750. The molecule has 0 radical (unpaired) electrons. The van der Waals surface area contributed by atoms with Crippen LogP contribution in [0.1, 0.15) is 46.5 Å². The Balaban J connectivity index is -0.000000169. The van der Waals surface area contributed by atoms with Crippen LogP contribution in [0.15, 0.2) is 16.6 Å². The second-order valence-electron chi connectivity index (χ2n) is 5.00. The average molecular weight is 541 g/mol. The van der Waals surface area contributed by atoms with Gasteiger partial charge in [0.15, 0.2) is 0 Å². The SMILES string of the molecule is CCC[NH-].CCC[NH-].CCC[NH-].F[C](F)(F)[GeH]([C]1=[C-]CC=C1)[C](F)(F)F.[Zr+4]. The third-order valence-electron chi connectivity index (χ3n) is 2.44. The summed E-state index contributed by atoms with van der Waals surface area (Å²) in [6.07, 6.45) is 7.27. The predicted octanol–water partition coefficient (Wildman–Crippen LogP) is 6.99. The van der Waals surface area contributed by atoms with Crippen LogP contribution in [0.5, 0.6) is 0 Å². The van der Waals surface area contributed by atoms with E-state index in [4.69, 9.17) is 17.2 Å². The molecule has 1 aliphatic rings. The molecule has 3 N–H and O–H groups in total. The van der Waals surface area contributed by atoms with Crippen LogP contribution < -0.4 is 0 Å². The Morgan fingerprint density at radius 2 is 1.15 bits per heavy atom. The van der Waals surface area contributed by atoms with Crippen molar-refractivity contribution in [2.75, 3.05) is 19.6 Å². The van der Waals surface area contributed by atoms with Crippen LogP contribution >= 0.6 is 0 Å². The summed E-state index contributed by atoms with van der Waals surface area (Å²) in [5.41, 5.74) is 19.4. The van der Waals surface area contributed by atoms with Crippen molar-refractivity contribution in [2.24, 2.45) is 0 Å². The van der Waals surface area contributed by atoms with Gasteiger partial charge in [-0.05, 0) is 0 Å². The van der Waals surface area contributed by atoms with Crippen LogP contribution in [0.25, 0.3) is 17.2 Å². The molecule has 0 unspecified atom stereocenters. The topological polar surface area (TPSA) is 71.4 Å². The summed E-state index contributed by atoms with van der Waals surface area (Å²) in [5.74, 6) is 0. The van der Waals surface area contributed by atoms with Gasteiger partial charge in [0.25, 0.3) is 0 Å². The van der Waals surface area contributed by atoms with Gasteiger partial charge in [0.1, 0.15) is 0 Å². The van der Waals surface area contributed by atoms with Gasteiger partial charge in [-0.25, -0.2) is 0 Å². The van der Waals surface area contributed by atoms with E-state index < -0.39 is 28.8 Å². The van der Waals surface area contributed by atoms with E-state index in [-0.39, 0.29) is 32.6 Å². The fourth-order valence-corrected chi connectivity index (χ4v) is 4.78. The van der Waals surface area contributed by atoms with Crippen LogP contribution in [0.4, 0.5) is 26.3 Å². The summed E-state index contributed by atoms with van der Waals surface area (Å²) in [6, 6.07) is 0. The number of alkyl halides is 6. The quantitative estimate of drug-likeness (QED) is 0.209.